The molecule has 2 aromatic rings. The van der Waals surface area contributed by atoms with Crippen molar-refractivity contribution in [1.29, 1.82) is 0 Å². The minimum Gasteiger partial charge on any atom is -0.493 e. The molecule has 0 amide bonds. The van der Waals surface area contributed by atoms with Crippen molar-refractivity contribution in [3.8, 4) is 5.75 Å². The number of carbonyl (C=O) groups excluding carboxylic acids is 1. The number of benzene rings is 1. The van der Waals surface area contributed by atoms with Gasteiger partial charge in [-0.1, -0.05) is 6.07 Å². The van der Waals surface area contributed by atoms with Crippen molar-refractivity contribution in [2.75, 3.05) is 12.3 Å². The van der Waals surface area contributed by atoms with E-state index in [1.165, 1.54) is 0 Å². The van der Waals surface area contributed by atoms with E-state index in [0.717, 1.165) is 5.56 Å². The molecule has 0 aliphatic carbocycles. The molecule has 0 aliphatic heterocycles. The number of hydrogen-bond donors (Lipinski definition) is 1. The third-order valence-electron chi connectivity index (χ3n) is 2.58. The molecule has 0 atom stereocenters. The molecule has 1 aromatic heterocycles. The van der Waals surface area contributed by atoms with E-state index in [1.807, 2.05) is 6.07 Å². The van der Waals surface area contributed by atoms with Crippen LogP contribution in [0.15, 0.2) is 48.8 Å². The summed E-state index contributed by atoms with van der Waals surface area (Å²) >= 11 is 0. The number of nitrogen functional groups attached to an aromatic ring is 1. The van der Waals surface area contributed by atoms with Crippen LogP contribution < -0.4 is 10.5 Å². The Morgan fingerprint density at radius 1 is 1.20 bits per heavy atom. The Balaban J connectivity index is 1.66. The van der Waals surface area contributed by atoms with Gasteiger partial charge in [-0.15, -0.1) is 0 Å². The molecule has 0 radical (unpaired) electrons. The quantitative estimate of drug-likeness (QED) is 0.644. The van der Waals surface area contributed by atoms with Gasteiger partial charge in [-0.05, 0) is 30.3 Å². The van der Waals surface area contributed by atoms with Crippen LogP contribution >= 0.6 is 0 Å². The van der Waals surface area contributed by atoms with Crippen LogP contribution in [0.25, 0.3) is 0 Å². The van der Waals surface area contributed by atoms with E-state index in [2.05, 4.69) is 4.98 Å². The minimum atomic E-state index is -0.302. The molecule has 1 aromatic carbocycles. The number of nitrogens with zero attached hydrogens (tertiary/aromatic N) is 1. The standard InChI is InChI=1S/C15H16N2O3/c16-13-3-5-14(6-4-13)19-9-7-15(18)20-11-12-2-1-8-17-10-12/h1-6,8,10H,7,9,11,16H2. The lowest BCUT2D eigenvalue weighted by Gasteiger charge is -2.07. The first-order valence-corrected chi connectivity index (χ1v) is 6.27. The summed E-state index contributed by atoms with van der Waals surface area (Å²) in [6.07, 6.45) is 3.54. The van der Waals surface area contributed by atoms with Gasteiger partial charge in [0, 0.05) is 23.6 Å². The monoisotopic (exact) mass is 272 g/mol. The Bertz CT molecular complexity index is 541. The maximum Gasteiger partial charge on any atom is 0.309 e. The molecule has 2 rings (SSSR count). The van der Waals surface area contributed by atoms with Crippen LogP contribution in [-0.2, 0) is 16.1 Å². The normalized spacial score (nSPS) is 10.0. The summed E-state index contributed by atoms with van der Waals surface area (Å²) in [7, 11) is 0. The second kappa shape index (κ2) is 7.13. The SMILES string of the molecule is Nc1ccc(OCCC(=O)OCc2cccnc2)cc1. The summed E-state index contributed by atoms with van der Waals surface area (Å²) in [6.45, 7) is 0.504. The van der Waals surface area contributed by atoms with Crippen molar-refractivity contribution in [2.24, 2.45) is 0 Å². The Kier molecular flexibility index (Phi) is 4.94. The summed E-state index contributed by atoms with van der Waals surface area (Å²) in [4.78, 5) is 15.5. The second-order valence-corrected chi connectivity index (χ2v) is 4.19. The Hall–Kier alpha value is -2.56. The molecule has 0 aliphatic rings. The molecule has 0 unspecified atom stereocenters. The van der Waals surface area contributed by atoms with Crippen molar-refractivity contribution in [3.63, 3.8) is 0 Å². The molecule has 0 fully saturated rings. The highest BCUT2D eigenvalue weighted by atomic mass is 16.5. The molecular formula is C15H16N2O3. The Morgan fingerprint density at radius 2 is 2.00 bits per heavy atom. The topological polar surface area (TPSA) is 74.4 Å². The van der Waals surface area contributed by atoms with E-state index >= 15 is 0 Å². The van der Waals surface area contributed by atoms with Gasteiger partial charge in [-0.25, -0.2) is 0 Å². The van der Waals surface area contributed by atoms with Crippen molar-refractivity contribution >= 4 is 11.7 Å². The van der Waals surface area contributed by atoms with E-state index in [-0.39, 0.29) is 25.6 Å². The summed E-state index contributed by atoms with van der Waals surface area (Å²) < 4.78 is 10.5. The minimum absolute atomic E-state index is 0.199. The van der Waals surface area contributed by atoms with Crippen molar-refractivity contribution in [2.45, 2.75) is 13.0 Å². The number of aromatic nitrogens is 1. The van der Waals surface area contributed by atoms with Crippen LogP contribution in [0.1, 0.15) is 12.0 Å². The molecule has 104 valence electrons. The Morgan fingerprint density at radius 3 is 2.70 bits per heavy atom. The number of rotatable bonds is 6. The van der Waals surface area contributed by atoms with Crippen molar-refractivity contribution < 1.29 is 14.3 Å². The van der Waals surface area contributed by atoms with Crippen LogP contribution in [0.2, 0.25) is 0 Å². The zero-order valence-corrected chi connectivity index (χ0v) is 11.0. The summed E-state index contributed by atoms with van der Waals surface area (Å²) in [5.41, 5.74) is 7.10. The van der Waals surface area contributed by atoms with Crippen molar-refractivity contribution in [3.05, 3.63) is 54.4 Å². The third-order valence-corrected chi connectivity index (χ3v) is 2.58. The zero-order chi connectivity index (χ0) is 14.2. The smallest absolute Gasteiger partial charge is 0.309 e. The van der Waals surface area contributed by atoms with Gasteiger partial charge in [0.1, 0.15) is 12.4 Å². The fraction of sp³-hybridized carbons (Fsp3) is 0.200. The highest BCUT2D eigenvalue weighted by molar-refractivity contribution is 5.69. The molecule has 1 heterocycles. The number of pyridine rings is 1. The molecule has 2 N–H and O–H groups in total. The van der Waals surface area contributed by atoms with E-state index < -0.39 is 0 Å². The van der Waals surface area contributed by atoms with E-state index in [4.69, 9.17) is 15.2 Å². The predicted octanol–water partition coefficient (Wildman–Crippen LogP) is 2.18. The molecule has 5 heteroatoms. The number of anilines is 1. The molecule has 0 bridgehead atoms. The van der Waals surface area contributed by atoms with Crippen LogP contribution in [0.5, 0.6) is 5.75 Å². The van der Waals surface area contributed by atoms with Crippen LogP contribution in [0, 0.1) is 0 Å². The van der Waals surface area contributed by atoms with Crippen molar-refractivity contribution in [1.82, 2.24) is 4.98 Å². The fourth-order valence-corrected chi connectivity index (χ4v) is 1.54. The van der Waals surface area contributed by atoms with Gasteiger partial charge in [0.05, 0.1) is 13.0 Å². The van der Waals surface area contributed by atoms with Gasteiger partial charge in [0.2, 0.25) is 0 Å². The average molecular weight is 272 g/mol. The lowest BCUT2D eigenvalue weighted by molar-refractivity contribution is -0.145. The first kappa shape index (κ1) is 13.9. The van der Waals surface area contributed by atoms with Gasteiger partial charge in [-0.3, -0.25) is 9.78 Å². The van der Waals surface area contributed by atoms with E-state index in [1.54, 1.807) is 42.7 Å². The van der Waals surface area contributed by atoms with Crippen LogP contribution in [0.4, 0.5) is 5.69 Å². The Labute approximate surface area is 117 Å². The number of hydrogen-bond acceptors (Lipinski definition) is 5. The summed E-state index contributed by atoms with van der Waals surface area (Å²) in [5, 5.41) is 0. The lowest BCUT2D eigenvalue weighted by Crippen LogP contribution is -2.10. The lowest BCUT2D eigenvalue weighted by atomic mass is 10.3. The molecule has 0 saturated heterocycles. The van der Waals surface area contributed by atoms with Crippen LogP contribution in [0.3, 0.4) is 0 Å². The molecule has 0 spiro atoms. The maximum atomic E-state index is 11.5. The summed E-state index contributed by atoms with van der Waals surface area (Å²) in [6, 6.07) is 10.7. The number of nitrogens with two attached hydrogens (primary N) is 1. The van der Waals surface area contributed by atoms with Gasteiger partial charge in [0.15, 0.2) is 0 Å². The number of ether oxygens (including phenoxy) is 2. The highest BCUT2D eigenvalue weighted by Crippen LogP contribution is 2.13. The highest BCUT2D eigenvalue weighted by Gasteiger charge is 2.04. The summed E-state index contributed by atoms with van der Waals surface area (Å²) in [5.74, 6) is 0.378. The third kappa shape index (κ3) is 4.61. The maximum absolute atomic E-state index is 11.5. The first-order chi connectivity index (χ1) is 9.74. The fourth-order valence-electron chi connectivity index (χ4n) is 1.54. The number of carbonyl (C=O) groups is 1. The predicted molar refractivity (Wildman–Crippen MR) is 75.0 cm³/mol. The van der Waals surface area contributed by atoms with E-state index in [9.17, 15) is 4.79 Å². The van der Waals surface area contributed by atoms with Gasteiger partial charge in [-0.2, -0.15) is 0 Å². The largest absolute Gasteiger partial charge is 0.493 e. The molecule has 0 saturated carbocycles. The molecular weight excluding hydrogens is 256 g/mol. The average Bonchev–Trinajstić information content (AvgIpc) is 2.48. The van der Waals surface area contributed by atoms with Gasteiger partial charge in [0.25, 0.3) is 0 Å². The molecule has 5 nitrogen and oxygen atoms in total. The second-order valence-electron chi connectivity index (χ2n) is 4.19. The molecule has 20 heavy (non-hydrogen) atoms. The van der Waals surface area contributed by atoms with Gasteiger partial charge < -0.3 is 15.2 Å². The zero-order valence-electron chi connectivity index (χ0n) is 11.0. The van der Waals surface area contributed by atoms with Crippen LogP contribution in [-0.4, -0.2) is 17.6 Å². The van der Waals surface area contributed by atoms with E-state index in [0.29, 0.717) is 11.4 Å². The van der Waals surface area contributed by atoms with Gasteiger partial charge >= 0.3 is 5.97 Å². The number of esters is 1. The first-order valence-electron chi connectivity index (χ1n) is 6.27.